The van der Waals surface area contributed by atoms with Gasteiger partial charge in [0.05, 0.1) is 17.8 Å². The van der Waals surface area contributed by atoms with Crippen molar-refractivity contribution in [3.8, 4) is 0 Å². The molecule has 2 aromatic rings. The predicted molar refractivity (Wildman–Crippen MR) is 57.9 cm³/mol. The number of hydrogen-bond acceptors (Lipinski definition) is 2. The first kappa shape index (κ1) is 9.09. The molecule has 3 nitrogen and oxygen atoms in total. The van der Waals surface area contributed by atoms with E-state index in [4.69, 9.17) is 5.73 Å². The van der Waals surface area contributed by atoms with Crippen molar-refractivity contribution < 1.29 is 5.11 Å². The van der Waals surface area contributed by atoms with Crippen molar-refractivity contribution in [2.24, 2.45) is 0 Å². The van der Waals surface area contributed by atoms with Crippen LogP contribution in [-0.2, 0) is 13.2 Å². The Labute approximate surface area is 82.8 Å². The molecule has 0 spiro atoms. The molecule has 1 heterocycles. The van der Waals surface area contributed by atoms with Gasteiger partial charge in [0.25, 0.3) is 0 Å². The highest BCUT2D eigenvalue weighted by molar-refractivity contribution is 5.93. The van der Waals surface area contributed by atoms with Gasteiger partial charge in [-0.2, -0.15) is 0 Å². The summed E-state index contributed by atoms with van der Waals surface area (Å²) in [7, 11) is 0. The molecule has 0 unspecified atom stereocenters. The molecule has 0 aliphatic carbocycles. The molecule has 2 rings (SSSR count). The van der Waals surface area contributed by atoms with Gasteiger partial charge in [-0.1, -0.05) is 12.1 Å². The van der Waals surface area contributed by atoms with Gasteiger partial charge in [0.1, 0.15) is 0 Å². The lowest BCUT2D eigenvalue weighted by molar-refractivity contribution is 0.283. The normalized spacial score (nSPS) is 11.0. The van der Waals surface area contributed by atoms with Crippen molar-refractivity contribution in [3.05, 3.63) is 30.0 Å². The van der Waals surface area contributed by atoms with Crippen LogP contribution < -0.4 is 5.73 Å². The van der Waals surface area contributed by atoms with Crippen molar-refractivity contribution in [2.45, 2.75) is 20.1 Å². The third-order valence-corrected chi connectivity index (χ3v) is 2.52. The van der Waals surface area contributed by atoms with Crippen molar-refractivity contribution in [1.29, 1.82) is 0 Å². The smallest absolute Gasteiger partial charge is 0.0717 e. The molecule has 0 aliphatic rings. The van der Waals surface area contributed by atoms with Gasteiger partial charge in [-0.25, -0.2) is 0 Å². The minimum absolute atomic E-state index is 0.0625. The van der Waals surface area contributed by atoms with Crippen molar-refractivity contribution in [1.82, 2.24) is 4.57 Å². The number of nitrogen functional groups attached to an aromatic ring is 1. The van der Waals surface area contributed by atoms with Gasteiger partial charge in [-0.3, -0.25) is 0 Å². The molecule has 1 aromatic heterocycles. The summed E-state index contributed by atoms with van der Waals surface area (Å²) in [5, 5.41) is 10.2. The highest BCUT2D eigenvalue weighted by atomic mass is 16.3. The third-order valence-electron chi connectivity index (χ3n) is 2.52. The Balaban J connectivity index is 2.82. The SMILES string of the molecule is CCn1cc(CO)c2cccc(N)c21. The predicted octanol–water partition coefficient (Wildman–Crippen LogP) is 1.74. The fraction of sp³-hybridized carbons (Fsp3) is 0.273. The molecule has 14 heavy (non-hydrogen) atoms. The van der Waals surface area contributed by atoms with Gasteiger partial charge >= 0.3 is 0 Å². The lowest BCUT2D eigenvalue weighted by Crippen LogP contribution is -1.95. The van der Waals surface area contributed by atoms with Crippen LogP contribution in [0.3, 0.4) is 0 Å². The summed E-state index contributed by atoms with van der Waals surface area (Å²) >= 11 is 0. The Hall–Kier alpha value is -1.48. The molecule has 0 saturated carbocycles. The van der Waals surface area contributed by atoms with Crippen LogP contribution in [0, 0.1) is 0 Å². The van der Waals surface area contributed by atoms with Crippen molar-refractivity contribution in [2.75, 3.05) is 5.73 Å². The van der Waals surface area contributed by atoms with E-state index in [1.165, 1.54) is 0 Å². The monoisotopic (exact) mass is 190 g/mol. The number of nitrogens with zero attached hydrogens (tertiary/aromatic N) is 1. The number of aliphatic hydroxyl groups is 1. The van der Waals surface area contributed by atoms with E-state index < -0.39 is 0 Å². The second-order valence-corrected chi connectivity index (χ2v) is 3.34. The van der Waals surface area contributed by atoms with Crippen LogP contribution in [0.15, 0.2) is 24.4 Å². The lowest BCUT2D eigenvalue weighted by Gasteiger charge is -2.02. The zero-order chi connectivity index (χ0) is 10.1. The fourth-order valence-corrected chi connectivity index (χ4v) is 1.84. The van der Waals surface area contributed by atoms with Gasteiger partial charge in [0.2, 0.25) is 0 Å². The van der Waals surface area contributed by atoms with Crippen LogP contribution in [0.4, 0.5) is 5.69 Å². The van der Waals surface area contributed by atoms with E-state index in [0.29, 0.717) is 0 Å². The van der Waals surface area contributed by atoms with E-state index in [1.54, 1.807) is 0 Å². The minimum Gasteiger partial charge on any atom is -0.397 e. The molecule has 0 radical (unpaired) electrons. The quantitative estimate of drug-likeness (QED) is 0.709. The molecular weight excluding hydrogens is 176 g/mol. The Morgan fingerprint density at radius 2 is 2.21 bits per heavy atom. The number of aromatic nitrogens is 1. The summed E-state index contributed by atoms with van der Waals surface area (Å²) < 4.78 is 2.07. The molecule has 3 N–H and O–H groups in total. The minimum atomic E-state index is 0.0625. The van der Waals surface area contributed by atoms with E-state index in [2.05, 4.69) is 11.5 Å². The molecule has 0 aliphatic heterocycles. The summed E-state index contributed by atoms with van der Waals surface area (Å²) in [6.45, 7) is 2.99. The third kappa shape index (κ3) is 1.17. The maximum Gasteiger partial charge on any atom is 0.0717 e. The molecule has 74 valence electrons. The number of para-hydroxylation sites is 1. The Morgan fingerprint density at radius 1 is 1.43 bits per heavy atom. The van der Waals surface area contributed by atoms with E-state index in [9.17, 15) is 5.11 Å². The van der Waals surface area contributed by atoms with Crippen LogP contribution in [-0.4, -0.2) is 9.67 Å². The fourth-order valence-electron chi connectivity index (χ4n) is 1.84. The summed E-state index contributed by atoms with van der Waals surface area (Å²) in [5.74, 6) is 0. The van der Waals surface area contributed by atoms with Crippen LogP contribution in [0.25, 0.3) is 10.9 Å². The van der Waals surface area contributed by atoms with E-state index in [1.807, 2.05) is 24.4 Å². The Morgan fingerprint density at radius 3 is 2.86 bits per heavy atom. The molecule has 0 atom stereocenters. The van der Waals surface area contributed by atoms with Crippen LogP contribution in [0.5, 0.6) is 0 Å². The average Bonchev–Trinajstić information content (AvgIpc) is 2.57. The van der Waals surface area contributed by atoms with Gasteiger partial charge in [0.15, 0.2) is 0 Å². The molecule has 0 bridgehead atoms. The highest BCUT2D eigenvalue weighted by Gasteiger charge is 2.08. The number of rotatable bonds is 2. The average molecular weight is 190 g/mol. The second-order valence-electron chi connectivity index (χ2n) is 3.34. The number of benzene rings is 1. The molecule has 3 heteroatoms. The van der Waals surface area contributed by atoms with Crippen molar-refractivity contribution in [3.63, 3.8) is 0 Å². The zero-order valence-electron chi connectivity index (χ0n) is 8.20. The van der Waals surface area contributed by atoms with Crippen LogP contribution in [0.1, 0.15) is 12.5 Å². The van der Waals surface area contributed by atoms with Crippen LogP contribution in [0.2, 0.25) is 0 Å². The summed E-state index contributed by atoms with van der Waals surface area (Å²) in [5.41, 5.74) is 8.63. The Bertz CT molecular complexity index is 460. The molecule has 1 aromatic carbocycles. The van der Waals surface area contributed by atoms with Gasteiger partial charge in [0, 0.05) is 23.7 Å². The number of hydrogen-bond donors (Lipinski definition) is 2. The van der Waals surface area contributed by atoms with Gasteiger partial charge in [-0.15, -0.1) is 0 Å². The first-order valence-electron chi connectivity index (χ1n) is 4.75. The van der Waals surface area contributed by atoms with E-state index in [0.717, 1.165) is 28.7 Å². The topological polar surface area (TPSA) is 51.2 Å². The molecular formula is C11H14N2O. The number of nitrogens with two attached hydrogens (primary N) is 1. The maximum atomic E-state index is 9.18. The number of fused-ring (bicyclic) bond motifs is 1. The van der Waals surface area contributed by atoms with E-state index in [-0.39, 0.29) is 6.61 Å². The van der Waals surface area contributed by atoms with E-state index >= 15 is 0 Å². The Kier molecular flexibility index (Phi) is 2.17. The number of anilines is 1. The van der Waals surface area contributed by atoms with Crippen molar-refractivity contribution >= 4 is 16.6 Å². The molecule has 0 saturated heterocycles. The largest absolute Gasteiger partial charge is 0.397 e. The lowest BCUT2D eigenvalue weighted by atomic mass is 10.1. The summed E-state index contributed by atoms with van der Waals surface area (Å²) in [6.07, 6.45) is 1.96. The van der Waals surface area contributed by atoms with Gasteiger partial charge < -0.3 is 15.4 Å². The second kappa shape index (κ2) is 3.35. The first-order valence-corrected chi connectivity index (χ1v) is 4.75. The maximum absolute atomic E-state index is 9.18. The zero-order valence-corrected chi connectivity index (χ0v) is 8.20. The molecule has 0 fully saturated rings. The standard InChI is InChI=1S/C11H14N2O/c1-2-13-6-8(7-14)9-4-3-5-10(12)11(9)13/h3-6,14H,2,7,12H2,1H3. The first-order chi connectivity index (χ1) is 6.77. The summed E-state index contributed by atoms with van der Waals surface area (Å²) in [4.78, 5) is 0. The number of aliphatic hydroxyl groups excluding tert-OH is 1. The highest BCUT2D eigenvalue weighted by Crippen LogP contribution is 2.26. The van der Waals surface area contributed by atoms with Gasteiger partial charge in [-0.05, 0) is 13.0 Å². The number of aryl methyl sites for hydroxylation is 1. The molecule has 0 amide bonds. The summed E-state index contributed by atoms with van der Waals surface area (Å²) in [6, 6.07) is 5.79. The van der Waals surface area contributed by atoms with Crippen LogP contribution >= 0.6 is 0 Å².